The third kappa shape index (κ3) is 2.42. The number of hydrogen-bond acceptors (Lipinski definition) is 5. The fraction of sp³-hybridized carbons (Fsp3) is 0.462. The Hall–Kier alpha value is -0.940. The molecular formula is C13H17N3S2. The molecule has 1 aromatic carbocycles. The topological polar surface area (TPSA) is 50.9 Å². The van der Waals surface area contributed by atoms with Crippen molar-refractivity contribution in [1.29, 1.82) is 0 Å². The van der Waals surface area contributed by atoms with Gasteiger partial charge in [-0.25, -0.2) is 4.98 Å². The van der Waals surface area contributed by atoms with E-state index in [1.165, 1.54) is 29.0 Å². The quantitative estimate of drug-likeness (QED) is 0.826. The number of anilines is 2. The molecule has 0 unspecified atom stereocenters. The Morgan fingerprint density at radius 1 is 1.33 bits per heavy atom. The van der Waals surface area contributed by atoms with Crippen LogP contribution in [0.3, 0.4) is 0 Å². The number of hydrogen-bond donors (Lipinski definition) is 2. The number of nitrogens with two attached hydrogens (primary N) is 1. The fourth-order valence-electron chi connectivity index (χ4n) is 2.29. The first-order valence-corrected chi connectivity index (χ1v) is 8.20. The van der Waals surface area contributed by atoms with Crippen LogP contribution in [0.4, 0.5) is 11.4 Å². The summed E-state index contributed by atoms with van der Waals surface area (Å²) in [5.41, 5.74) is 9.06. The molecule has 3 rings (SSSR count). The van der Waals surface area contributed by atoms with E-state index in [1.807, 2.05) is 24.8 Å². The molecule has 0 spiro atoms. The highest BCUT2D eigenvalue weighted by atomic mass is 32.2. The van der Waals surface area contributed by atoms with Crippen LogP contribution in [0.2, 0.25) is 0 Å². The summed E-state index contributed by atoms with van der Waals surface area (Å²) in [6, 6.07) is 4.70. The molecule has 0 aliphatic carbocycles. The van der Waals surface area contributed by atoms with Gasteiger partial charge in [0.1, 0.15) is 0 Å². The molecule has 0 bridgehead atoms. The highest BCUT2D eigenvalue weighted by molar-refractivity contribution is 7.99. The summed E-state index contributed by atoms with van der Waals surface area (Å²) in [4.78, 5) is 4.53. The molecule has 1 aliphatic heterocycles. The number of nitrogens with zero attached hydrogens (tertiary/aromatic N) is 1. The van der Waals surface area contributed by atoms with E-state index < -0.39 is 0 Å². The van der Waals surface area contributed by atoms with Gasteiger partial charge >= 0.3 is 0 Å². The average molecular weight is 279 g/mol. The third-order valence-corrected chi connectivity index (χ3v) is 5.23. The molecule has 0 atom stereocenters. The summed E-state index contributed by atoms with van der Waals surface area (Å²) in [5.74, 6) is 2.49. The molecule has 3 nitrogen and oxygen atoms in total. The zero-order valence-electron chi connectivity index (χ0n) is 10.4. The van der Waals surface area contributed by atoms with Crippen molar-refractivity contribution in [2.75, 3.05) is 22.6 Å². The lowest BCUT2D eigenvalue weighted by Crippen LogP contribution is -2.24. The van der Waals surface area contributed by atoms with Crippen LogP contribution in [0, 0.1) is 6.92 Å². The van der Waals surface area contributed by atoms with Gasteiger partial charge in [0.15, 0.2) is 0 Å². The highest BCUT2D eigenvalue weighted by Gasteiger charge is 2.15. The number of thioether (sulfide) groups is 1. The predicted octanol–water partition coefficient (Wildman–Crippen LogP) is 3.49. The summed E-state index contributed by atoms with van der Waals surface area (Å²) < 4.78 is 1.18. The molecule has 1 saturated heterocycles. The maximum atomic E-state index is 6.12. The zero-order chi connectivity index (χ0) is 12.5. The minimum Gasteiger partial charge on any atom is -0.397 e. The van der Waals surface area contributed by atoms with Crippen molar-refractivity contribution < 1.29 is 0 Å². The van der Waals surface area contributed by atoms with E-state index in [2.05, 4.69) is 16.4 Å². The van der Waals surface area contributed by atoms with Gasteiger partial charge in [0.2, 0.25) is 0 Å². The van der Waals surface area contributed by atoms with E-state index in [1.54, 1.807) is 11.3 Å². The number of nitrogens with one attached hydrogen (secondary N) is 1. The van der Waals surface area contributed by atoms with Gasteiger partial charge in [0.25, 0.3) is 0 Å². The molecule has 3 N–H and O–H groups in total. The number of thiazole rings is 1. The predicted molar refractivity (Wildman–Crippen MR) is 82.7 cm³/mol. The molecule has 1 aliphatic rings. The first kappa shape index (κ1) is 12.1. The molecule has 5 heteroatoms. The number of benzene rings is 1. The second-order valence-corrected chi connectivity index (χ2v) is 7.13. The highest BCUT2D eigenvalue weighted by Crippen LogP contribution is 2.31. The number of fused-ring (bicyclic) bond motifs is 1. The lowest BCUT2D eigenvalue weighted by Gasteiger charge is -2.24. The van der Waals surface area contributed by atoms with Crippen LogP contribution in [-0.2, 0) is 0 Å². The molecule has 18 heavy (non-hydrogen) atoms. The van der Waals surface area contributed by atoms with Crippen molar-refractivity contribution in [3.63, 3.8) is 0 Å². The second-order valence-electron chi connectivity index (χ2n) is 4.67. The maximum Gasteiger partial charge on any atom is 0.0907 e. The smallest absolute Gasteiger partial charge is 0.0907 e. The van der Waals surface area contributed by atoms with Crippen LogP contribution in [0.25, 0.3) is 10.2 Å². The van der Waals surface area contributed by atoms with Crippen LogP contribution in [0.1, 0.15) is 17.8 Å². The summed E-state index contributed by atoms with van der Waals surface area (Å²) in [7, 11) is 0. The lowest BCUT2D eigenvalue weighted by atomic mass is 10.1. The Labute approximate surface area is 115 Å². The molecule has 1 fully saturated rings. The second kappa shape index (κ2) is 4.97. The lowest BCUT2D eigenvalue weighted by molar-refractivity contribution is 0.667. The summed E-state index contributed by atoms with van der Waals surface area (Å²) in [6.07, 6.45) is 2.44. The van der Waals surface area contributed by atoms with Crippen molar-refractivity contribution in [3.8, 4) is 0 Å². The maximum absolute atomic E-state index is 6.12. The Bertz CT molecular complexity index is 559. The van der Waals surface area contributed by atoms with Gasteiger partial charge in [-0.05, 0) is 43.4 Å². The molecule has 2 aromatic rings. The molecule has 2 heterocycles. The number of nitrogen functional groups attached to an aromatic ring is 1. The van der Waals surface area contributed by atoms with E-state index in [0.29, 0.717) is 6.04 Å². The summed E-state index contributed by atoms with van der Waals surface area (Å²) >= 11 is 3.74. The van der Waals surface area contributed by atoms with E-state index in [0.717, 1.165) is 21.9 Å². The first-order valence-electron chi connectivity index (χ1n) is 6.23. The van der Waals surface area contributed by atoms with Crippen molar-refractivity contribution in [1.82, 2.24) is 4.98 Å². The van der Waals surface area contributed by atoms with Gasteiger partial charge < -0.3 is 11.1 Å². The van der Waals surface area contributed by atoms with Crippen LogP contribution < -0.4 is 11.1 Å². The van der Waals surface area contributed by atoms with E-state index in [4.69, 9.17) is 5.73 Å². The van der Waals surface area contributed by atoms with Gasteiger partial charge in [-0.1, -0.05) is 0 Å². The minimum atomic E-state index is 0.561. The molecular weight excluding hydrogens is 262 g/mol. The van der Waals surface area contributed by atoms with Crippen LogP contribution in [0.5, 0.6) is 0 Å². The number of aromatic nitrogens is 1. The monoisotopic (exact) mass is 279 g/mol. The third-order valence-electron chi connectivity index (χ3n) is 3.25. The van der Waals surface area contributed by atoms with Gasteiger partial charge in [0.05, 0.1) is 26.6 Å². The van der Waals surface area contributed by atoms with Crippen molar-refractivity contribution in [2.45, 2.75) is 25.8 Å². The van der Waals surface area contributed by atoms with Crippen molar-refractivity contribution in [3.05, 3.63) is 17.1 Å². The Morgan fingerprint density at radius 3 is 2.89 bits per heavy atom. The Balaban J connectivity index is 1.88. The Morgan fingerprint density at radius 2 is 2.11 bits per heavy atom. The molecule has 0 saturated carbocycles. The van der Waals surface area contributed by atoms with Gasteiger partial charge in [0, 0.05) is 6.04 Å². The summed E-state index contributed by atoms with van der Waals surface area (Å²) in [6.45, 7) is 2.03. The van der Waals surface area contributed by atoms with Crippen LogP contribution in [-0.4, -0.2) is 22.5 Å². The molecule has 96 valence electrons. The number of aryl methyl sites for hydroxylation is 1. The van der Waals surface area contributed by atoms with Gasteiger partial charge in [-0.2, -0.15) is 11.8 Å². The zero-order valence-corrected chi connectivity index (χ0v) is 12.0. The standard InChI is InChI=1S/C13H17N3S2/c1-8-15-12-7-11(10(14)6-13(12)18-8)16-9-2-4-17-5-3-9/h6-7,9,16H,2-5,14H2,1H3. The van der Waals surface area contributed by atoms with Crippen LogP contribution in [0.15, 0.2) is 12.1 Å². The molecule has 1 aromatic heterocycles. The molecule has 0 radical (unpaired) electrons. The van der Waals surface area contributed by atoms with E-state index in [9.17, 15) is 0 Å². The van der Waals surface area contributed by atoms with Crippen molar-refractivity contribution in [2.24, 2.45) is 0 Å². The summed E-state index contributed by atoms with van der Waals surface area (Å²) in [5, 5.41) is 4.67. The van der Waals surface area contributed by atoms with Gasteiger partial charge in [-0.3, -0.25) is 0 Å². The largest absolute Gasteiger partial charge is 0.397 e. The fourth-order valence-corrected chi connectivity index (χ4v) is 4.26. The van der Waals surface area contributed by atoms with Crippen LogP contribution >= 0.6 is 23.1 Å². The van der Waals surface area contributed by atoms with Gasteiger partial charge in [-0.15, -0.1) is 11.3 Å². The number of rotatable bonds is 2. The average Bonchev–Trinajstić information content (AvgIpc) is 2.70. The van der Waals surface area contributed by atoms with E-state index in [-0.39, 0.29) is 0 Å². The molecule has 0 amide bonds. The Kier molecular flexibility index (Phi) is 3.35. The minimum absolute atomic E-state index is 0.561. The van der Waals surface area contributed by atoms with Crippen molar-refractivity contribution >= 4 is 44.7 Å². The SMILES string of the molecule is Cc1nc2cc(NC3CCSCC3)c(N)cc2s1. The normalized spacial score (nSPS) is 17.2. The first-order chi connectivity index (χ1) is 8.72. The van der Waals surface area contributed by atoms with E-state index >= 15 is 0 Å².